The first kappa shape index (κ1) is 15.2. The molecule has 0 radical (unpaired) electrons. The van der Waals surface area contributed by atoms with Crippen molar-refractivity contribution in [3.8, 4) is 0 Å². The molecule has 0 unspecified atom stereocenters. The summed E-state index contributed by atoms with van der Waals surface area (Å²) in [6.45, 7) is 3.59. The number of halogens is 2. The van der Waals surface area contributed by atoms with E-state index in [4.69, 9.17) is 4.74 Å². The van der Waals surface area contributed by atoms with Crippen molar-refractivity contribution in [1.82, 2.24) is 9.97 Å². The smallest absolute Gasteiger partial charge is 0.137 e. The van der Waals surface area contributed by atoms with Gasteiger partial charge in [0.05, 0.1) is 17.7 Å². The van der Waals surface area contributed by atoms with Gasteiger partial charge < -0.3 is 15.0 Å². The Hall–Kier alpha value is -1.73. The van der Waals surface area contributed by atoms with E-state index in [-0.39, 0.29) is 5.82 Å². The zero-order valence-electron chi connectivity index (χ0n) is 11.9. The maximum Gasteiger partial charge on any atom is 0.137 e. The van der Waals surface area contributed by atoms with Gasteiger partial charge in [-0.1, -0.05) is 6.07 Å². The molecule has 0 saturated carbocycles. The molecule has 1 saturated heterocycles. The van der Waals surface area contributed by atoms with E-state index < -0.39 is 0 Å². The number of hydrogen-bond donors (Lipinski definition) is 1. The van der Waals surface area contributed by atoms with Gasteiger partial charge in [-0.05, 0) is 33.6 Å². The van der Waals surface area contributed by atoms with Crippen LogP contribution < -0.4 is 10.2 Å². The summed E-state index contributed by atoms with van der Waals surface area (Å²) in [5, 5.41) is 3.20. The molecule has 1 aromatic heterocycles. The van der Waals surface area contributed by atoms with Crippen LogP contribution in [0.25, 0.3) is 0 Å². The molecule has 2 aromatic rings. The Bertz CT molecular complexity index is 649. The zero-order chi connectivity index (χ0) is 15.4. The molecule has 2 heterocycles. The Morgan fingerprint density at radius 3 is 2.82 bits per heavy atom. The Morgan fingerprint density at radius 2 is 2.05 bits per heavy atom. The van der Waals surface area contributed by atoms with Crippen LogP contribution in [0.1, 0.15) is 5.56 Å². The van der Waals surface area contributed by atoms with Crippen LogP contribution in [0.5, 0.6) is 0 Å². The second-order valence-electron chi connectivity index (χ2n) is 4.96. The van der Waals surface area contributed by atoms with Crippen molar-refractivity contribution in [3.63, 3.8) is 0 Å². The van der Waals surface area contributed by atoms with Gasteiger partial charge in [-0.3, -0.25) is 0 Å². The first-order valence-electron chi connectivity index (χ1n) is 7.05. The Morgan fingerprint density at radius 1 is 1.23 bits per heavy atom. The summed E-state index contributed by atoms with van der Waals surface area (Å²) in [5.74, 6) is 1.33. The first-order chi connectivity index (χ1) is 10.7. The molecule has 7 heteroatoms. The van der Waals surface area contributed by atoms with E-state index in [2.05, 4.69) is 36.1 Å². The summed E-state index contributed by atoms with van der Waals surface area (Å²) in [4.78, 5) is 10.7. The topological polar surface area (TPSA) is 50.3 Å². The molecule has 1 fully saturated rings. The third kappa shape index (κ3) is 3.72. The highest BCUT2D eigenvalue weighted by Crippen LogP contribution is 2.18. The molecule has 1 N–H and O–H groups in total. The van der Waals surface area contributed by atoms with Crippen LogP contribution >= 0.6 is 15.9 Å². The molecule has 1 aliphatic heterocycles. The van der Waals surface area contributed by atoms with E-state index in [0.29, 0.717) is 24.2 Å². The molecule has 0 bridgehead atoms. The van der Waals surface area contributed by atoms with Crippen molar-refractivity contribution in [1.29, 1.82) is 0 Å². The van der Waals surface area contributed by atoms with Gasteiger partial charge in [-0.15, -0.1) is 0 Å². The van der Waals surface area contributed by atoms with Gasteiger partial charge in [0.15, 0.2) is 0 Å². The van der Waals surface area contributed by atoms with Crippen LogP contribution in [0.15, 0.2) is 35.1 Å². The summed E-state index contributed by atoms with van der Waals surface area (Å²) in [6.07, 6.45) is 1.54. The highest BCUT2D eigenvalue weighted by atomic mass is 79.9. The number of aromatic nitrogens is 2. The lowest BCUT2D eigenvalue weighted by Gasteiger charge is -2.27. The van der Waals surface area contributed by atoms with Crippen molar-refractivity contribution < 1.29 is 9.13 Å². The van der Waals surface area contributed by atoms with Crippen molar-refractivity contribution in [2.75, 3.05) is 36.5 Å². The number of ether oxygens (including phenoxy) is 1. The van der Waals surface area contributed by atoms with Crippen LogP contribution in [-0.2, 0) is 11.3 Å². The van der Waals surface area contributed by atoms with E-state index in [1.54, 1.807) is 6.07 Å². The van der Waals surface area contributed by atoms with Gasteiger partial charge in [0.25, 0.3) is 0 Å². The maximum atomic E-state index is 13.5. The third-order valence-electron chi connectivity index (χ3n) is 3.45. The molecule has 1 aliphatic rings. The Labute approximate surface area is 136 Å². The second-order valence-corrected chi connectivity index (χ2v) is 5.82. The minimum absolute atomic E-state index is 0.268. The standard InChI is InChI=1S/C15H16BrFN4O/c16-12-2-1-11(7-13(12)17)9-18-14-8-15(20-10-19-14)21-3-5-22-6-4-21/h1-2,7-8,10H,3-6,9H2,(H,18,19,20). The second kappa shape index (κ2) is 7.02. The molecule has 5 nitrogen and oxygen atoms in total. The SMILES string of the molecule is Fc1cc(CNc2cc(N3CCOCC3)ncn2)ccc1Br. The monoisotopic (exact) mass is 366 g/mol. The van der Waals surface area contributed by atoms with Crippen molar-refractivity contribution in [3.05, 3.63) is 46.4 Å². The number of benzene rings is 1. The largest absolute Gasteiger partial charge is 0.378 e. The van der Waals surface area contributed by atoms with Gasteiger partial charge >= 0.3 is 0 Å². The third-order valence-corrected chi connectivity index (χ3v) is 4.09. The van der Waals surface area contributed by atoms with Crippen LogP contribution in [0, 0.1) is 5.82 Å². The van der Waals surface area contributed by atoms with Crippen molar-refractivity contribution in [2.45, 2.75) is 6.54 Å². The molecule has 116 valence electrons. The fourth-order valence-electron chi connectivity index (χ4n) is 2.25. The zero-order valence-corrected chi connectivity index (χ0v) is 13.5. The van der Waals surface area contributed by atoms with Crippen LogP contribution in [0.2, 0.25) is 0 Å². The Kier molecular flexibility index (Phi) is 4.84. The predicted octanol–water partition coefficient (Wildman–Crippen LogP) is 2.83. The fourth-order valence-corrected chi connectivity index (χ4v) is 2.50. The molecular formula is C15H16BrFN4O. The van der Waals surface area contributed by atoms with Crippen LogP contribution in [-0.4, -0.2) is 36.3 Å². The van der Waals surface area contributed by atoms with E-state index in [1.807, 2.05) is 12.1 Å². The summed E-state index contributed by atoms with van der Waals surface area (Å²) in [7, 11) is 0. The molecule has 0 amide bonds. The van der Waals surface area contributed by atoms with E-state index in [1.165, 1.54) is 12.4 Å². The van der Waals surface area contributed by atoms with Gasteiger partial charge in [-0.2, -0.15) is 0 Å². The van der Waals surface area contributed by atoms with Crippen LogP contribution in [0.4, 0.5) is 16.0 Å². The van der Waals surface area contributed by atoms with E-state index in [0.717, 1.165) is 30.3 Å². The minimum atomic E-state index is -0.268. The molecule has 22 heavy (non-hydrogen) atoms. The van der Waals surface area contributed by atoms with Crippen LogP contribution in [0.3, 0.4) is 0 Å². The molecular weight excluding hydrogens is 351 g/mol. The van der Waals surface area contributed by atoms with Gasteiger partial charge in [-0.25, -0.2) is 14.4 Å². The molecule has 0 spiro atoms. The highest BCUT2D eigenvalue weighted by Gasteiger charge is 2.13. The number of anilines is 2. The molecule has 1 aromatic carbocycles. The van der Waals surface area contributed by atoms with Gasteiger partial charge in [0.1, 0.15) is 23.8 Å². The summed E-state index contributed by atoms with van der Waals surface area (Å²) in [6, 6.07) is 6.97. The number of hydrogen-bond acceptors (Lipinski definition) is 5. The van der Waals surface area contributed by atoms with Gasteiger partial charge in [0, 0.05) is 25.7 Å². The predicted molar refractivity (Wildman–Crippen MR) is 86.5 cm³/mol. The molecule has 3 rings (SSSR count). The van der Waals surface area contributed by atoms with Crippen molar-refractivity contribution >= 4 is 27.6 Å². The Balaban J connectivity index is 1.66. The van der Waals surface area contributed by atoms with E-state index in [9.17, 15) is 4.39 Å². The van der Waals surface area contributed by atoms with E-state index >= 15 is 0 Å². The number of morpholine rings is 1. The summed E-state index contributed by atoms with van der Waals surface area (Å²) in [5.41, 5.74) is 0.854. The number of nitrogens with one attached hydrogen (secondary N) is 1. The maximum absolute atomic E-state index is 13.5. The first-order valence-corrected chi connectivity index (χ1v) is 7.84. The quantitative estimate of drug-likeness (QED) is 0.901. The lowest BCUT2D eigenvalue weighted by atomic mass is 10.2. The minimum Gasteiger partial charge on any atom is -0.378 e. The normalized spacial score (nSPS) is 14.9. The average Bonchev–Trinajstić information content (AvgIpc) is 2.57. The fraction of sp³-hybridized carbons (Fsp3) is 0.333. The molecule has 0 atom stereocenters. The lowest BCUT2D eigenvalue weighted by Crippen LogP contribution is -2.36. The van der Waals surface area contributed by atoms with Gasteiger partial charge in [0.2, 0.25) is 0 Å². The average molecular weight is 367 g/mol. The molecule has 0 aliphatic carbocycles. The number of nitrogens with zero attached hydrogens (tertiary/aromatic N) is 3. The van der Waals surface area contributed by atoms with Crippen molar-refractivity contribution in [2.24, 2.45) is 0 Å². The lowest BCUT2D eigenvalue weighted by molar-refractivity contribution is 0.122. The number of rotatable bonds is 4. The summed E-state index contributed by atoms with van der Waals surface area (Å²) < 4.78 is 19.3. The highest BCUT2D eigenvalue weighted by molar-refractivity contribution is 9.10. The summed E-state index contributed by atoms with van der Waals surface area (Å²) >= 11 is 3.15.